The predicted octanol–water partition coefficient (Wildman–Crippen LogP) is 2.65. The average Bonchev–Trinajstić information content (AvgIpc) is 2.11. The van der Waals surface area contributed by atoms with Crippen LogP contribution in [0.1, 0.15) is 5.56 Å². The Morgan fingerprint density at radius 2 is 2.31 bits per heavy atom. The Labute approximate surface area is 80.8 Å². The van der Waals surface area contributed by atoms with E-state index in [9.17, 15) is 4.39 Å². The highest BCUT2D eigenvalue weighted by atomic mass is 35.5. The molecule has 0 aliphatic heterocycles. The van der Waals surface area contributed by atoms with Crippen molar-refractivity contribution in [1.82, 2.24) is 0 Å². The molecule has 0 aliphatic rings. The molecular formula is C9H9ClFNO. The first-order valence-electron chi connectivity index (χ1n) is 3.69. The first-order chi connectivity index (χ1) is 6.15. The Balaban J connectivity index is 2.93. The Hall–Kier alpha value is -1.09. The minimum Gasteiger partial charge on any atom is -0.484 e. The zero-order valence-corrected chi connectivity index (χ0v) is 7.86. The number of hydrogen-bond donors (Lipinski definition) is 1. The fraction of sp³-hybridized carbons (Fsp3) is 0.222. The SMILES string of the molecule is COC(=N)Cc1c(F)cccc1Cl. The molecule has 0 saturated carbocycles. The minimum absolute atomic E-state index is 0.00741. The minimum atomic E-state index is -0.408. The molecule has 0 heterocycles. The Morgan fingerprint density at radius 1 is 1.62 bits per heavy atom. The first kappa shape index (κ1) is 9.99. The summed E-state index contributed by atoms with van der Waals surface area (Å²) in [5.74, 6) is -0.415. The van der Waals surface area contributed by atoms with Gasteiger partial charge in [-0.3, -0.25) is 5.41 Å². The molecule has 13 heavy (non-hydrogen) atoms. The molecule has 1 aromatic rings. The van der Waals surface area contributed by atoms with Gasteiger partial charge in [0.25, 0.3) is 0 Å². The van der Waals surface area contributed by atoms with Crippen LogP contribution in [-0.4, -0.2) is 13.0 Å². The summed E-state index contributed by atoms with van der Waals surface area (Å²) in [6.07, 6.45) is 0.0853. The fourth-order valence-corrected chi connectivity index (χ4v) is 1.16. The van der Waals surface area contributed by atoms with Gasteiger partial charge in [-0.05, 0) is 12.1 Å². The highest BCUT2D eigenvalue weighted by Crippen LogP contribution is 2.19. The van der Waals surface area contributed by atoms with Crippen LogP contribution in [0.25, 0.3) is 0 Å². The van der Waals surface area contributed by atoms with E-state index in [2.05, 4.69) is 4.74 Å². The zero-order valence-electron chi connectivity index (χ0n) is 7.10. The third kappa shape index (κ3) is 2.42. The second kappa shape index (κ2) is 4.23. The normalized spacial score (nSPS) is 9.77. The summed E-state index contributed by atoms with van der Waals surface area (Å²) in [6.45, 7) is 0. The molecular weight excluding hydrogens is 193 g/mol. The van der Waals surface area contributed by atoms with E-state index in [1.807, 2.05) is 0 Å². The number of benzene rings is 1. The van der Waals surface area contributed by atoms with Crippen molar-refractivity contribution < 1.29 is 9.13 Å². The number of methoxy groups -OCH3 is 1. The molecule has 1 aromatic carbocycles. The molecule has 0 unspecified atom stereocenters. The number of ether oxygens (including phenoxy) is 1. The van der Waals surface area contributed by atoms with Gasteiger partial charge in [-0.1, -0.05) is 17.7 Å². The van der Waals surface area contributed by atoms with E-state index in [-0.39, 0.29) is 12.3 Å². The maximum Gasteiger partial charge on any atom is 0.184 e. The van der Waals surface area contributed by atoms with Gasteiger partial charge in [-0.25, -0.2) is 4.39 Å². The molecule has 0 radical (unpaired) electrons. The summed E-state index contributed by atoms with van der Waals surface area (Å²) in [6, 6.07) is 4.42. The van der Waals surface area contributed by atoms with E-state index < -0.39 is 5.82 Å². The topological polar surface area (TPSA) is 33.1 Å². The molecule has 4 heteroatoms. The summed E-state index contributed by atoms with van der Waals surface area (Å²) in [4.78, 5) is 0. The van der Waals surface area contributed by atoms with Crippen LogP contribution < -0.4 is 0 Å². The van der Waals surface area contributed by atoms with Crippen molar-refractivity contribution >= 4 is 17.5 Å². The van der Waals surface area contributed by atoms with Crippen LogP contribution in [0.5, 0.6) is 0 Å². The van der Waals surface area contributed by atoms with E-state index in [0.717, 1.165) is 0 Å². The van der Waals surface area contributed by atoms with Gasteiger partial charge in [0.1, 0.15) is 5.82 Å². The van der Waals surface area contributed by atoms with Crippen molar-refractivity contribution in [1.29, 1.82) is 5.41 Å². The second-order valence-electron chi connectivity index (χ2n) is 2.50. The lowest BCUT2D eigenvalue weighted by molar-refractivity contribution is 0.389. The highest BCUT2D eigenvalue weighted by molar-refractivity contribution is 6.31. The van der Waals surface area contributed by atoms with E-state index in [0.29, 0.717) is 10.6 Å². The molecule has 1 rings (SSSR count). The molecule has 0 saturated heterocycles. The maximum absolute atomic E-state index is 13.1. The van der Waals surface area contributed by atoms with E-state index >= 15 is 0 Å². The van der Waals surface area contributed by atoms with Crippen LogP contribution in [-0.2, 0) is 11.2 Å². The van der Waals surface area contributed by atoms with Gasteiger partial charge in [-0.15, -0.1) is 0 Å². The van der Waals surface area contributed by atoms with Crippen molar-refractivity contribution in [3.63, 3.8) is 0 Å². The Kier molecular flexibility index (Phi) is 3.25. The lowest BCUT2D eigenvalue weighted by atomic mass is 10.1. The van der Waals surface area contributed by atoms with Gasteiger partial charge >= 0.3 is 0 Å². The molecule has 0 bridgehead atoms. The molecule has 0 spiro atoms. The summed E-state index contributed by atoms with van der Waals surface area (Å²) in [5, 5.41) is 7.54. The lowest BCUT2D eigenvalue weighted by Crippen LogP contribution is -2.05. The predicted molar refractivity (Wildman–Crippen MR) is 49.8 cm³/mol. The largest absolute Gasteiger partial charge is 0.484 e. The first-order valence-corrected chi connectivity index (χ1v) is 4.07. The third-order valence-corrected chi connectivity index (χ3v) is 2.00. The summed E-state index contributed by atoms with van der Waals surface area (Å²) in [7, 11) is 1.37. The third-order valence-electron chi connectivity index (χ3n) is 1.65. The summed E-state index contributed by atoms with van der Waals surface area (Å²) >= 11 is 5.74. The molecule has 0 fully saturated rings. The van der Waals surface area contributed by atoms with Crippen LogP contribution >= 0.6 is 11.6 Å². The Bertz CT molecular complexity index is 307. The molecule has 1 N–H and O–H groups in total. The van der Waals surface area contributed by atoms with Gasteiger partial charge in [0, 0.05) is 10.6 Å². The van der Waals surface area contributed by atoms with Crippen LogP contribution in [0.3, 0.4) is 0 Å². The van der Waals surface area contributed by atoms with E-state index in [4.69, 9.17) is 17.0 Å². The molecule has 70 valence electrons. The van der Waals surface area contributed by atoms with Gasteiger partial charge in [0.05, 0.1) is 13.5 Å². The average molecular weight is 202 g/mol. The van der Waals surface area contributed by atoms with Gasteiger partial charge in [0.2, 0.25) is 0 Å². The second-order valence-corrected chi connectivity index (χ2v) is 2.91. The molecule has 0 aliphatic carbocycles. The van der Waals surface area contributed by atoms with Crippen LogP contribution in [0.2, 0.25) is 5.02 Å². The van der Waals surface area contributed by atoms with Gasteiger partial charge < -0.3 is 4.74 Å². The molecule has 0 aromatic heterocycles. The number of nitrogens with one attached hydrogen (secondary N) is 1. The van der Waals surface area contributed by atoms with Crippen molar-refractivity contribution in [2.45, 2.75) is 6.42 Å². The maximum atomic E-state index is 13.1. The van der Waals surface area contributed by atoms with E-state index in [1.165, 1.54) is 19.2 Å². The van der Waals surface area contributed by atoms with Crippen LogP contribution in [0.15, 0.2) is 18.2 Å². The van der Waals surface area contributed by atoms with Gasteiger partial charge in [0.15, 0.2) is 5.90 Å². The lowest BCUT2D eigenvalue weighted by Gasteiger charge is -2.05. The van der Waals surface area contributed by atoms with Crippen molar-refractivity contribution in [2.24, 2.45) is 0 Å². The number of halogens is 2. The number of rotatable bonds is 2. The summed E-state index contributed by atoms with van der Waals surface area (Å²) < 4.78 is 17.7. The van der Waals surface area contributed by atoms with Crippen LogP contribution in [0.4, 0.5) is 4.39 Å². The van der Waals surface area contributed by atoms with Crippen molar-refractivity contribution in [2.75, 3.05) is 7.11 Å². The van der Waals surface area contributed by atoms with Gasteiger partial charge in [-0.2, -0.15) is 0 Å². The van der Waals surface area contributed by atoms with E-state index in [1.54, 1.807) is 6.07 Å². The highest BCUT2D eigenvalue weighted by Gasteiger charge is 2.09. The number of hydrogen-bond acceptors (Lipinski definition) is 2. The molecule has 2 nitrogen and oxygen atoms in total. The zero-order chi connectivity index (χ0) is 9.84. The monoisotopic (exact) mass is 201 g/mol. The Morgan fingerprint density at radius 3 is 2.85 bits per heavy atom. The summed E-state index contributed by atoms with van der Waals surface area (Å²) in [5.41, 5.74) is 0.302. The molecule has 0 amide bonds. The standard InChI is InChI=1S/C9H9ClFNO/c1-13-9(12)5-6-7(10)3-2-4-8(6)11/h2-4,12H,5H2,1H3. The van der Waals surface area contributed by atoms with Crippen molar-refractivity contribution in [3.05, 3.63) is 34.6 Å². The molecule has 0 atom stereocenters. The quantitative estimate of drug-likeness (QED) is 0.579. The smallest absolute Gasteiger partial charge is 0.184 e. The fourth-order valence-electron chi connectivity index (χ4n) is 0.934. The van der Waals surface area contributed by atoms with Crippen LogP contribution in [0, 0.1) is 11.2 Å². The van der Waals surface area contributed by atoms with Crippen molar-refractivity contribution in [3.8, 4) is 0 Å².